The van der Waals surface area contributed by atoms with Crippen LogP contribution in [0, 0.1) is 0 Å². The molecular formula is C11H11BN2O5. The van der Waals surface area contributed by atoms with E-state index in [1.807, 2.05) is 0 Å². The van der Waals surface area contributed by atoms with Gasteiger partial charge in [-0.15, -0.1) is 0 Å². The van der Waals surface area contributed by atoms with Crippen LogP contribution in [0.4, 0.5) is 4.79 Å². The van der Waals surface area contributed by atoms with Crippen molar-refractivity contribution in [1.29, 1.82) is 0 Å². The lowest BCUT2D eigenvalue weighted by Gasteiger charge is -2.08. The number of hydrogen-bond acceptors (Lipinski definition) is 5. The summed E-state index contributed by atoms with van der Waals surface area (Å²) in [5, 5.41) is 22.6. The highest BCUT2D eigenvalue weighted by Crippen LogP contribution is 2.20. The van der Waals surface area contributed by atoms with Gasteiger partial charge < -0.3 is 20.1 Å². The van der Waals surface area contributed by atoms with E-state index in [1.54, 1.807) is 0 Å². The van der Waals surface area contributed by atoms with Crippen LogP contribution in [-0.4, -0.2) is 36.2 Å². The van der Waals surface area contributed by atoms with Gasteiger partial charge in [-0.25, -0.2) is 4.79 Å². The van der Waals surface area contributed by atoms with Gasteiger partial charge in [0.1, 0.15) is 11.4 Å². The lowest BCUT2D eigenvalue weighted by atomic mass is 9.79. The van der Waals surface area contributed by atoms with E-state index in [0.29, 0.717) is 11.3 Å². The first-order valence-electron chi connectivity index (χ1n) is 5.39. The Morgan fingerprint density at radius 2 is 2.00 bits per heavy atom. The molecule has 1 saturated heterocycles. The van der Waals surface area contributed by atoms with Crippen LogP contribution in [0.2, 0.25) is 0 Å². The molecule has 1 aliphatic heterocycles. The maximum Gasteiger partial charge on any atom is 0.488 e. The second-order valence-electron chi connectivity index (χ2n) is 3.84. The van der Waals surface area contributed by atoms with Crippen molar-refractivity contribution >= 4 is 30.6 Å². The molecule has 0 saturated carbocycles. The van der Waals surface area contributed by atoms with Crippen LogP contribution >= 0.6 is 0 Å². The van der Waals surface area contributed by atoms with Gasteiger partial charge in [0.2, 0.25) is 0 Å². The van der Waals surface area contributed by atoms with Crippen molar-refractivity contribution in [2.45, 2.75) is 0 Å². The smallest absolute Gasteiger partial charge is 0.488 e. The number of nitrogens with one attached hydrogen (secondary N) is 2. The van der Waals surface area contributed by atoms with Gasteiger partial charge in [0.25, 0.3) is 5.91 Å². The van der Waals surface area contributed by atoms with Crippen molar-refractivity contribution in [2.24, 2.45) is 0 Å². The summed E-state index contributed by atoms with van der Waals surface area (Å²) >= 11 is 0. The minimum absolute atomic E-state index is 0.0629. The number of carbonyl (C=O) groups is 2. The Labute approximate surface area is 109 Å². The van der Waals surface area contributed by atoms with Gasteiger partial charge in [-0.05, 0) is 17.6 Å². The Morgan fingerprint density at radius 1 is 1.26 bits per heavy atom. The summed E-state index contributed by atoms with van der Waals surface area (Å²) in [6.45, 7) is 0. The van der Waals surface area contributed by atoms with Crippen LogP contribution in [0.25, 0.3) is 6.08 Å². The highest BCUT2D eigenvalue weighted by atomic mass is 16.5. The molecule has 8 heteroatoms. The highest BCUT2D eigenvalue weighted by molar-refractivity contribution is 6.58. The van der Waals surface area contributed by atoms with Crippen molar-refractivity contribution in [3.8, 4) is 5.75 Å². The first-order chi connectivity index (χ1) is 9.01. The standard InChI is InChI=1S/C11H11BN2O5/c1-19-9-3-2-7(12(17)18)4-6(9)5-8-10(15)14-11(16)13-8/h2-5,17-18H,1H3,(H2,13,14,15,16)/b8-5-. The molecule has 4 N–H and O–H groups in total. The van der Waals surface area contributed by atoms with E-state index in [-0.39, 0.29) is 11.2 Å². The maximum atomic E-state index is 11.4. The van der Waals surface area contributed by atoms with E-state index >= 15 is 0 Å². The molecule has 7 nitrogen and oxygen atoms in total. The molecule has 1 heterocycles. The van der Waals surface area contributed by atoms with E-state index in [9.17, 15) is 9.59 Å². The summed E-state index contributed by atoms with van der Waals surface area (Å²) in [5.74, 6) is -0.118. The molecule has 0 radical (unpaired) electrons. The molecule has 0 atom stereocenters. The molecule has 2 rings (SSSR count). The van der Waals surface area contributed by atoms with Crippen LogP contribution in [0.3, 0.4) is 0 Å². The van der Waals surface area contributed by atoms with Gasteiger partial charge in [0.05, 0.1) is 7.11 Å². The number of imide groups is 1. The predicted octanol–water partition coefficient (Wildman–Crippen LogP) is -1.44. The molecule has 1 aromatic rings. The molecular weight excluding hydrogens is 251 g/mol. The first-order valence-corrected chi connectivity index (χ1v) is 5.39. The number of benzene rings is 1. The second-order valence-corrected chi connectivity index (χ2v) is 3.84. The molecule has 3 amide bonds. The Kier molecular flexibility index (Phi) is 3.54. The monoisotopic (exact) mass is 262 g/mol. The number of rotatable bonds is 3. The van der Waals surface area contributed by atoms with Gasteiger partial charge in [-0.1, -0.05) is 12.1 Å². The molecule has 98 valence electrons. The predicted molar refractivity (Wildman–Crippen MR) is 67.5 cm³/mol. The second kappa shape index (κ2) is 5.13. The Bertz CT molecular complexity index is 570. The zero-order valence-electron chi connectivity index (χ0n) is 10.0. The summed E-state index contributed by atoms with van der Waals surface area (Å²) in [4.78, 5) is 22.4. The summed E-state index contributed by atoms with van der Waals surface area (Å²) in [7, 11) is -0.185. The van der Waals surface area contributed by atoms with Gasteiger partial charge in [-0.2, -0.15) is 0 Å². The van der Waals surface area contributed by atoms with E-state index < -0.39 is 19.1 Å². The first kappa shape index (κ1) is 13.1. The normalized spacial score (nSPS) is 16.3. The molecule has 1 fully saturated rings. The Balaban J connectivity index is 2.43. The minimum Gasteiger partial charge on any atom is -0.496 e. The van der Waals surface area contributed by atoms with E-state index in [0.717, 1.165) is 0 Å². The maximum absolute atomic E-state index is 11.4. The summed E-state index contributed by atoms with van der Waals surface area (Å²) in [6.07, 6.45) is 1.39. The van der Waals surface area contributed by atoms with Crippen LogP contribution in [0.1, 0.15) is 5.56 Å². The summed E-state index contributed by atoms with van der Waals surface area (Å²) in [5.41, 5.74) is 0.755. The quantitative estimate of drug-likeness (QED) is 0.303. The summed E-state index contributed by atoms with van der Waals surface area (Å²) < 4.78 is 5.10. The zero-order chi connectivity index (χ0) is 14.0. The number of urea groups is 1. The average Bonchev–Trinajstić information content (AvgIpc) is 2.67. The topological polar surface area (TPSA) is 108 Å². The van der Waals surface area contributed by atoms with Gasteiger partial charge in [0.15, 0.2) is 0 Å². The van der Waals surface area contributed by atoms with Crippen LogP contribution in [0.5, 0.6) is 5.75 Å². The molecule has 0 spiro atoms. The van der Waals surface area contributed by atoms with Gasteiger partial charge in [-0.3, -0.25) is 10.1 Å². The number of methoxy groups -OCH3 is 1. The lowest BCUT2D eigenvalue weighted by molar-refractivity contribution is -0.115. The van der Waals surface area contributed by atoms with E-state index in [2.05, 4.69) is 10.6 Å². The molecule has 0 aromatic heterocycles. The third-order valence-electron chi connectivity index (χ3n) is 2.57. The summed E-state index contributed by atoms with van der Waals surface area (Å²) in [6, 6.07) is 3.87. The Hall–Kier alpha value is -2.32. The fraction of sp³-hybridized carbons (Fsp3) is 0.0909. The van der Waals surface area contributed by atoms with Crippen molar-refractivity contribution in [3.63, 3.8) is 0 Å². The van der Waals surface area contributed by atoms with Crippen molar-refractivity contribution in [2.75, 3.05) is 7.11 Å². The van der Waals surface area contributed by atoms with Crippen molar-refractivity contribution in [3.05, 3.63) is 29.5 Å². The number of hydrogen-bond donors (Lipinski definition) is 4. The van der Waals surface area contributed by atoms with Crippen LogP contribution in [-0.2, 0) is 4.79 Å². The molecule has 0 aliphatic carbocycles. The lowest BCUT2D eigenvalue weighted by Crippen LogP contribution is -2.29. The van der Waals surface area contributed by atoms with Crippen LogP contribution in [0.15, 0.2) is 23.9 Å². The molecule has 1 aliphatic rings. The number of carbonyl (C=O) groups excluding carboxylic acids is 2. The largest absolute Gasteiger partial charge is 0.496 e. The third kappa shape index (κ3) is 2.75. The number of amides is 3. The molecule has 19 heavy (non-hydrogen) atoms. The SMILES string of the molecule is COc1ccc(B(O)O)cc1/C=C1\NC(=O)NC1=O. The van der Waals surface area contributed by atoms with E-state index in [1.165, 1.54) is 31.4 Å². The highest BCUT2D eigenvalue weighted by Gasteiger charge is 2.23. The average molecular weight is 262 g/mol. The minimum atomic E-state index is -1.63. The molecule has 0 bridgehead atoms. The van der Waals surface area contributed by atoms with Crippen molar-refractivity contribution in [1.82, 2.24) is 10.6 Å². The van der Waals surface area contributed by atoms with Crippen molar-refractivity contribution < 1.29 is 24.4 Å². The zero-order valence-corrected chi connectivity index (χ0v) is 10.0. The number of ether oxygens (including phenoxy) is 1. The van der Waals surface area contributed by atoms with Gasteiger partial charge in [0, 0.05) is 5.56 Å². The van der Waals surface area contributed by atoms with Gasteiger partial charge >= 0.3 is 13.1 Å². The van der Waals surface area contributed by atoms with E-state index in [4.69, 9.17) is 14.8 Å². The van der Waals surface area contributed by atoms with Crippen LogP contribution < -0.4 is 20.8 Å². The third-order valence-corrected chi connectivity index (χ3v) is 2.57. The molecule has 0 unspecified atom stereocenters. The fourth-order valence-corrected chi connectivity index (χ4v) is 1.66. The fourth-order valence-electron chi connectivity index (χ4n) is 1.66. The molecule has 1 aromatic carbocycles. The Morgan fingerprint density at radius 3 is 2.53 bits per heavy atom.